The molecule has 2 N–H and O–H groups in total. The van der Waals surface area contributed by atoms with Crippen molar-refractivity contribution in [3.8, 4) is 0 Å². The van der Waals surface area contributed by atoms with Crippen molar-refractivity contribution >= 4 is 9.84 Å². The maximum Gasteiger partial charge on any atom is 0.150 e. The zero-order valence-corrected chi connectivity index (χ0v) is 11.0. The van der Waals surface area contributed by atoms with Crippen molar-refractivity contribution in [2.45, 2.75) is 38.6 Å². The van der Waals surface area contributed by atoms with Gasteiger partial charge in [0, 0.05) is 18.3 Å². The largest absolute Gasteiger partial charge is 0.329 e. The zero-order valence-electron chi connectivity index (χ0n) is 10.2. The number of piperidine rings is 1. The predicted octanol–water partition coefficient (Wildman–Crippen LogP) is 0.624. The van der Waals surface area contributed by atoms with Crippen LogP contribution in [0, 0.1) is 0 Å². The van der Waals surface area contributed by atoms with E-state index in [-0.39, 0.29) is 5.75 Å². The van der Waals surface area contributed by atoms with Crippen molar-refractivity contribution < 1.29 is 8.42 Å². The lowest BCUT2D eigenvalue weighted by molar-refractivity contribution is 0.153. The summed E-state index contributed by atoms with van der Waals surface area (Å²) in [5, 5.41) is 0. The molecule has 96 valence electrons. The minimum Gasteiger partial charge on any atom is -0.329 e. The highest BCUT2D eigenvalue weighted by molar-refractivity contribution is 7.91. The Balaban J connectivity index is 2.30. The van der Waals surface area contributed by atoms with Crippen LogP contribution in [0.4, 0.5) is 0 Å². The predicted molar refractivity (Wildman–Crippen MR) is 67.2 cm³/mol. The first-order chi connectivity index (χ1) is 7.59. The van der Waals surface area contributed by atoms with Crippen LogP contribution in [0.1, 0.15) is 32.6 Å². The first-order valence-corrected chi connectivity index (χ1v) is 8.05. The highest BCUT2D eigenvalue weighted by Gasteiger charge is 2.20. The third-order valence-electron chi connectivity index (χ3n) is 3.36. The molecule has 1 aliphatic heterocycles. The number of hydrogen-bond donors (Lipinski definition) is 1. The number of sulfone groups is 1. The Labute approximate surface area is 99.1 Å². The summed E-state index contributed by atoms with van der Waals surface area (Å²) in [6.07, 6.45) is 4.38. The van der Waals surface area contributed by atoms with Gasteiger partial charge in [-0.05, 0) is 32.4 Å². The molecule has 1 saturated heterocycles. The molecule has 1 rings (SSSR count). The summed E-state index contributed by atoms with van der Waals surface area (Å²) in [5.41, 5.74) is 5.72. The normalized spacial score (nSPS) is 23.5. The average Bonchev–Trinajstić information content (AvgIpc) is 2.29. The molecule has 0 aromatic heterocycles. The Kier molecular flexibility index (Phi) is 5.72. The van der Waals surface area contributed by atoms with Gasteiger partial charge in [0.15, 0.2) is 0 Å². The van der Waals surface area contributed by atoms with Crippen LogP contribution in [0.5, 0.6) is 0 Å². The van der Waals surface area contributed by atoms with E-state index >= 15 is 0 Å². The van der Waals surface area contributed by atoms with Gasteiger partial charge < -0.3 is 5.73 Å². The zero-order chi connectivity index (χ0) is 12.0. The van der Waals surface area contributed by atoms with E-state index in [0.29, 0.717) is 18.3 Å². The summed E-state index contributed by atoms with van der Waals surface area (Å²) in [5.74, 6) is 0.574. The number of likely N-dealkylation sites (tertiary alicyclic amines) is 1. The molecule has 1 fully saturated rings. The molecule has 16 heavy (non-hydrogen) atoms. The summed E-state index contributed by atoms with van der Waals surface area (Å²) >= 11 is 0. The summed E-state index contributed by atoms with van der Waals surface area (Å²) in [7, 11) is -2.80. The van der Waals surface area contributed by atoms with Crippen LogP contribution in [0.25, 0.3) is 0 Å². The van der Waals surface area contributed by atoms with E-state index in [2.05, 4.69) is 4.90 Å². The van der Waals surface area contributed by atoms with Gasteiger partial charge in [-0.15, -0.1) is 0 Å². The molecule has 0 spiro atoms. The quantitative estimate of drug-likeness (QED) is 0.748. The van der Waals surface area contributed by atoms with Gasteiger partial charge in [-0.25, -0.2) is 8.42 Å². The van der Waals surface area contributed by atoms with E-state index in [9.17, 15) is 8.42 Å². The lowest BCUT2D eigenvalue weighted by Gasteiger charge is -2.34. The Morgan fingerprint density at radius 2 is 2.12 bits per heavy atom. The second-order valence-electron chi connectivity index (χ2n) is 4.51. The summed E-state index contributed by atoms with van der Waals surface area (Å²) in [4.78, 5) is 2.36. The molecule has 5 heteroatoms. The molecule has 1 heterocycles. The first-order valence-electron chi connectivity index (χ1n) is 6.23. The smallest absolute Gasteiger partial charge is 0.150 e. The SMILES string of the molecule is CCS(=O)(=O)CCCN1CCCCC1CN. The van der Waals surface area contributed by atoms with Crippen molar-refractivity contribution in [2.24, 2.45) is 5.73 Å². The first kappa shape index (κ1) is 13.9. The van der Waals surface area contributed by atoms with Gasteiger partial charge in [0.1, 0.15) is 9.84 Å². The van der Waals surface area contributed by atoms with Crippen LogP contribution < -0.4 is 5.73 Å². The lowest BCUT2D eigenvalue weighted by atomic mass is 10.0. The number of rotatable bonds is 6. The van der Waals surface area contributed by atoms with E-state index in [1.807, 2.05) is 0 Å². The topological polar surface area (TPSA) is 63.4 Å². The van der Waals surface area contributed by atoms with E-state index in [4.69, 9.17) is 5.73 Å². The molecular weight excluding hydrogens is 224 g/mol. The highest BCUT2D eigenvalue weighted by Crippen LogP contribution is 2.16. The van der Waals surface area contributed by atoms with Gasteiger partial charge in [0.2, 0.25) is 0 Å². The van der Waals surface area contributed by atoms with Gasteiger partial charge in [-0.3, -0.25) is 4.90 Å². The molecule has 1 unspecified atom stereocenters. The second-order valence-corrected chi connectivity index (χ2v) is 6.98. The fourth-order valence-electron chi connectivity index (χ4n) is 2.25. The van der Waals surface area contributed by atoms with E-state index < -0.39 is 9.84 Å². The van der Waals surface area contributed by atoms with Crippen molar-refractivity contribution in [1.82, 2.24) is 4.90 Å². The van der Waals surface area contributed by atoms with Crippen molar-refractivity contribution in [3.63, 3.8) is 0 Å². The monoisotopic (exact) mass is 248 g/mol. The van der Waals surface area contributed by atoms with Crippen LogP contribution in [0.15, 0.2) is 0 Å². The number of nitrogens with two attached hydrogens (primary N) is 1. The summed E-state index contributed by atoms with van der Waals surface area (Å²) < 4.78 is 22.7. The van der Waals surface area contributed by atoms with Crippen molar-refractivity contribution in [1.29, 1.82) is 0 Å². The average molecular weight is 248 g/mol. The standard InChI is InChI=1S/C11H24N2O2S/c1-2-16(14,15)9-5-8-13-7-4-3-6-11(13)10-12/h11H,2-10,12H2,1H3. The van der Waals surface area contributed by atoms with Gasteiger partial charge in [-0.1, -0.05) is 13.3 Å². The van der Waals surface area contributed by atoms with Gasteiger partial charge in [0.25, 0.3) is 0 Å². The molecule has 0 aliphatic carbocycles. The van der Waals surface area contributed by atoms with E-state index in [1.54, 1.807) is 6.92 Å². The second kappa shape index (κ2) is 6.57. The summed E-state index contributed by atoms with van der Waals surface area (Å²) in [6.45, 7) is 4.36. The Hall–Kier alpha value is -0.130. The maximum absolute atomic E-state index is 11.3. The van der Waals surface area contributed by atoms with E-state index in [0.717, 1.165) is 25.9 Å². The van der Waals surface area contributed by atoms with Crippen LogP contribution in [-0.4, -0.2) is 50.5 Å². The van der Waals surface area contributed by atoms with Gasteiger partial charge in [-0.2, -0.15) is 0 Å². The van der Waals surface area contributed by atoms with Crippen molar-refractivity contribution in [3.05, 3.63) is 0 Å². The minimum atomic E-state index is -2.80. The van der Waals surface area contributed by atoms with Crippen molar-refractivity contribution in [2.75, 3.05) is 31.1 Å². The number of nitrogens with zero attached hydrogens (tertiary/aromatic N) is 1. The molecule has 0 aromatic rings. The van der Waals surface area contributed by atoms with Crippen LogP contribution in [-0.2, 0) is 9.84 Å². The van der Waals surface area contributed by atoms with Gasteiger partial charge in [0.05, 0.1) is 5.75 Å². The molecule has 1 atom stereocenters. The molecule has 0 aromatic carbocycles. The van der Waals surface area contributed by atoms with Crippen LogP contribution >= 0.6 is 0 Å². The van der Waals surface area contributed by atoms with E-state index in [1.165, 1.54) is 12.8 Å². The lowest BCUT2D eigenvalue weighted by Crippen LogP contribution is -2.44. The Morgan fingerprint density at radius 3 is 2.75 bits per heavy atom. The van der Waals surface area contributed by atoms with Gasteiger partial charge >= 0.3 is 0 Å². The fraction of sp³-hybridized carbons (Fsp3) is 1.00. The molecule has 0 amide bonds. The molecule has 0 radical (unpaired) electrons. The molecule has 1 aliphatic rings. The molecule has 0 saturated carbocycles. The third kappa shape index (κ3) is 4.39. The fourth-order valence-corrected chi connectivity index (χ4v) is 3.11. The third-order valence-corrected chi connectivity index (χ3v) is 5.15. The molecular formula is C11H24N2O2S. The minimum absolute atomic E-state index is 0.257. The Morgan fingerprint density at radius 1 is 1.38 bits per heavy atom. The summed E-state index contributed by atoms with van der Waals surface area (Å²) in [6, 6.07) is 0.470. The van der Waals surface area contributed by atoms with Crippen LogP contribution in [0.3, 0.4) is 0 Å². The van der Waals surface area contributed by atoms with Crippen LogP contribution in [0.2, 0.25) is 0 Å². The maximum atomic E-state index is 11.3. The molecule has 4 nitrogen and oxygen atoms in total. The highest BCUT2D eigenvalue weighted by atomic mass is 32.2. The Bertz CT molecular complexity index is 290. The molecule has 0 bridgehead atoms. The number of hydrogen-bond acceptors (Lipinski definition) is 4.